The first-order valence-electron chi connectivity index (χ1n) is 8.72. The molecule has 1 heterocycles. The summed E-state index contributed by atoms with van der Waals surface area (Å²) in [5, 5.41) is 5.59. The van der Waals surface area contributed by atoms with E-state index < -0.39 is 12.2 Å². The molecule has 0 bridgehead atoms. The molecule has 1 amide bonds. The fourth-order valence-electron chi connectivity index (χ4n) is 3.61. The van der Waals surface area contributed by atoms with Gasteiger partial charge in [-0.25, -0.2) is 0 Å². The van der Waals surface area contributed by atoms with Crippen molar-refractivity contribution in [2.75, 3.05) is 32.7 Å². The minimum atomic E-state index is -4.34. The third kappa shape index (κ3) is 4.33. The van der Waals surface area contributed by atoms with E-state index in [0.29, 0.717) is 32.6 Å². The zero-order valence-electron chi connectivity index (χ0n) is 14.3. The third-order valence-corrected chi connectivity index (χ3v) is 5.15. The molecule has 4 nitrogen and oxygen atoms in total. The first kappa shape index (κ1) is 18.2. The number of rotatable bonds is 5. The molecule has 2 aliphatic rings. The van der Waals surface area contributed by atoms with Gasteiger partial charge in [-0.1, -0.05) is 24.3 Å². The molecular weight excluding hydrogens is 331 g/mol. The van der Waals surface area contributed by atoms with Crippen LogP contribution in [0.1, 0.15) is 23.5 Å². The van der Waals surface area contributed by atoms with Crippen molar-refractivity contribution < 1.29 is 18.0 Å². The number of aryl methyl sites for hydroxylation is 1. The van der Waals surface area contributed by atoms with Crippen molar-refractivity contribution in [1.29, 1.82) is 0 Å². The van der Waals surface area contributed by atoms with E-state index in [-0.39, 0.29) is 24.3 Å². The third-order valence-electron chi connectivity index (χ3n) is 5.15. The normalized spacial score (nSPS) is 25.4. The zero-order valence-corrected chi connectivity index (χ0v) is 14.3. The van der Waals surface area contributed by atoms with E-state index in [1.54, 1.807) is 0 Å². The maximum absolute atomic E-state index is 13.4. The fourth-order valence-corrected chi connectivity index (χ4v) is 3.61. The molecular formula is C18H24F3N3O. The van der Waals surface area contributed by atoms with Gasteiger partial charge in [0.15, 0.2) is 0 Å². The Balaban J connectivity index is 1.56. The number of nitrogens with one attached hydrogen (secondary N) is 2. The number of nitrogens with zero attached hydrogens (tertiary/aromatic N) is 1. The molecule has 0 radical (unpaired) electrons. The van der Waals surface area contributed by atoms with Crippen LogP contribution in [0.2, 0.25) is 0 Å². The molecule has 138 valence electrons. The highest BCUT2D eigenvalue weighted by molar-refractivity contribution is 5.83. The summed E-state index contributed by atoms with van der Waals surface area (Å²) in [6.07, 6.45) is -3.63. The maximum atomic E-state index is 13.4. The number of alkyl halides is 3. The second-order valence-electron chi connectivity index (χ2n) is 6.89. The number of halogens is 3. The predicted octanol–water partition coefficient (Wildman–Crippen LogP) is 2.05. The molecule has 0 spiro atoms. The van der Waals surface area contributed by atoms with Gasteiger partial charge in [-0.05, 0) is 30.4 Å². The molecule has 1 saturated heterocycles. The van der Waals surface area contributed by atoms with Gasteiger partial charge in [-0.3, -0.25) is 9.69 Å². The summed E-state index contributed by atoms with van der Waals surface area (Å²) in [6.45, 7) is 3.38. The van der Waals surface area contributed by atoms with Crippen molar-refractivity contribution in [1.82, 2.24) is 15.5 Å². The number of carbonyl (C=O) groups is 1. The van der Waals surface area contributed by atoms with Crippen LogP contribution in [0, 0.1) is 12.8 Å². The number of amides is 1. The first-order chi connectivity index (χ1) is 11.9. The van der Waals surface area contributed by atoms with Crippen LogP contribution in [0.3, 0.4) is 0 Å². The van der Waals surface area contributed by atoms with Gasteiger partial charge in [-0.15, -0.1) is 0 Å². The maximum Gasteiger partial charge on any atom is 0.405 e. The average Bonchev–Trinajstić information content (AvgIpc) is 3.35. The summed E-state index contributed by atoms with van der Waals surface area (Å²) in [4.78, 5) is 13.7. The van der Waals surface area contributed by atoms with E-state index in [1.807, 2.05) is 31.2 Å². The van der Waals surface area contributed by atoms with Crippen LogP contribution in [0.5, 0.6) is 0 Å². The Morgan fingerprint density at radius 2 is 2.00 bits per heavy atom. The van der Waals surface area contributed by atoms with E-state index in [4.69, 9.17) is 0 Å². The Bertz CT molecular complexity index is 614. The Kier molecular flexibility index (Phi) is 5.34. The van der Waals surface area contributed by atoms with Crippen LogP contribution in [-0.4, -0.2) is 55.7 Å². The van der Waals surface area contributed by atoms with Crippen LogP contribution in [-0.2, 0) is 4.79 Å². The number of piperazine rings is 1. The van der Waals surface area contributed by atoms with Crippen LogP contribution in [0.25, 0.3) is 0 Å². The summed E-state index contributed by atoms with van der Waals surface area (Å²) < 4.78 is 40.1. The second-order valence-corrected chi connectivity index (χ2v) is 6.89. The van der Waals surface area contributed by atoms with Gasteiger partial charge in [0.25, 0.3) is 0 Å². The van der Waals surface area contributed by atoms with Crippen molar-refractivity contribution in [3.05, 3.63) is 35.4 Å². The molecule has 25 heavy (non-hydrogen) atoms. The molecule has 2 N–H and O–H groups in total. The number of carbonyl (C=O) groups excluding carboxylic acids is 1. The molecule has 0 aromatic heterocycles. The Hall–Kier alpha value is -1.60. The summed E-state index contributed by atoms with van der Waals surface area (Å²) in [7, 11) is 0. The standard InChI is InChI=1S/C18H24F3N3O/c1-12-4-2-3-5-13(12)14-10-15(14)17(25)23-11-16(18(19,20)21)24-8-6-22-7-9-24/h2-5,14-16,22H,6-11H2,1H3,(H,23,25). The van der Waals surface area contributed by atoms with Crippen molar-refractivity contribution in [3.63, 3.8) is 0 Å². The molecule has 7 heteroatoms. The van der Waals surface area contributed by atoms with Gasteiger partial charge in [0, 0.05) is 38.6 Å². The molecule has 1 aliphatic carbocycles. The van der Waals surface area contributed by atoms with Crippen molar-refractivity contribution >= 4 is 5.91 Å². The van der Waals surface area contributed by atoms with Crippen LogP contribution in [0.4, 0.5) is 13.2 Å². The van der Waals surface area contributed by atoms with E-state index in [1.165, 1.54) is 4.90 Å². The minimum Gasteiger partial charge on any atom is -0.354 e. The molecule has 3 rings (SSSR count). The molecule has 3 atom stereocenters. The quantitative estimate of drug-likeness (QED) is 0.850. The van der Waals surface area contributed by atoms with Crippen LogP contribution in [0.15, 0.2) is 24.3 Å². The van der Waals surface area contributed by atoms with Gasteiger partial charge in [0.2, 0.25) is 5.91 Å². The second kappa shape index (κ2) is 7.33. The van der Waals surface area contributed by atoms with Crippen molar-refractivity contribution in [3.8, 4) is 0 Å². The van der Waals surface area contributed by atoms with E-state index in [2.05, 4.69) is 10.6 Å². The first-order valence-corrected chi connectivity index (χ1v) is 8.72. The number of hydrogen-bond donors (Lipinski definition) is 2. The molecule has 1 aromatic carbocycles. The Labute approximate surface area is 145 Å². The Morgan fingerprint density at radius 3 is 2.64 bits per heavy atom. The van der Waals surface area contributed by atoms with Crippen molar-refractivity contribution in [2.24, 2.45) is 5.92 Å². The van der Waals surface area contributed by atoms with E-state index >= 15 is 0 Å². The lowest BCUT2D eigenvalue weighted by Crippen LogP contribution is -2.57. The monoisotopic (exact) mass is 355 g/mol. The van der Waals surface area contributed by atoms with Crippen LogP contribution >= 0.6 is 0 Å². The van der Waals surface area contributed by atoms with Gasteiger partial charge in [-0.2, -0.15) is 13.2 Å². The van der Waals surface area contributed by atoms with Gasteiger partial charge >= 0.3 is 6.18 Å². The molecule has 1 aromatic rings. The SMILES string of the molecule is Cc1ccccc1C1CC1C(=O)NCC(N1CCNCC1)C(F)(F)F. The molecule has 1 saturated carbocycles. The average molecular weight is 355 g/mol. The summed E-state index contributed by atoms with van der Waals surface area (Å²) in [5.41, 5.74) is 2.24. The smallest absolute Gasteiger partial charge is 0.354 e. The van der Waals surface area contributed by atoms with E-state index in [9.17, 15) is 18.0 Å². The zero-order chi connectivity index (χ0) is 18.0. The number of benzene rings is 1. The lowest BCUT2D eigenvalue weighted by molar-refractivity contribution is -0.184. The highest BCUT2D eigenvalue weighted by Gasteiger charge is 2.47. The summed E-state index contributed by atoms with van der Waals surface area (Å²) in [5.74, 6) is -0.347. The number of hydrogen-bond acceptors (Lipinski definition) is 3. The lowest BCUT2D eigenvalue weighted by Gasteiger charge is -2.35. The summed E-state index contributed by atoms with van der Waals surface area (Å²) in [6, 6.07) is 6.24. The summed E-state index contributed by atoms with van der Waals surface area (Å²) >= 11 is 0. The molecule has 3 unspecified atom stereocenters. The predicted molar refractivity (Wildman–Crippen MR) is 89.3 cm³/mol. The largest absolute Gasteiger partial charge is 0.405 e. The topological polar surface area (TPSA) is 44.4 Å². The van der Waals surface area contributed by atoms with Crippen LogP contribution < -0.4 is 10.6 Å². The lowest BCUT2D eigenvalue weighted by atomic mass is 10.0. The highest BCUT2D eigenvalue weighted by Crippen LogP contribution is 2.48. The minimum absolute atomic E-state index is 0.129. The van der Waals surface area contributed by atoms with Gasteiger partial charge in [0.1, 0.15) is 6.04 Å². The fraction of sp³-hybridized carbons (Fsp3) is 0.611. The van der Waals surface area contributed by atoms with Gasteiger partial charge in [0.05, 0.1) is 0 Å². The molecule has 1 aliphatic heterocycles. The van der Waals surface area contributed by atoms with Crippen molar-refractivity contribution in [2.45, 2.75) is 31.5 Å². The Morgan fingerprint density at radius 1 is 1.32 bits per heavy atom. The van der Waals surface area contributed by atoms with Gasteiger partial charge < -0.3 is 10.6 Å². The molecule has 2 fully saturated rings. The van der Waals surface area contributed by atoms with E-state index in [0.717, 1.165) is 11.1 Å². The highest BCUT2D eigenvalue weighted by atomic mass is 19.4.